The van der Waals surface area contributed by atoms with E-state index in [-0.39, 0.29) is 12.2 Å². The molecule has 0 saturated heterocycles. The summed E-state index contributed by atoms with van der Waals surface area (Å²) in [5, 5.41) is 21.3. The third kappa shape index (κ3) is 5.04. The number of aromatic nitrogens is 4. The van der Waals surface area contributed by atoms with Crippen molar-refractivity contribution >= 4 is 5.97 Å². The number of esters is 1. The van der Waals surface area contributed by atoms with Crippen molar-refractivity contribution in [1.82, 2.24) is 20.2 Å². The third-order valence-electron chi connectivity index (χ3n) is 5.83. The predicted octanol–water partition coefficient (Wildman–Crippen LogP) is 5.55. The number of aliphatic hydroxyl groups excluding tert-OH is 1. The van der Waals surface area contributed by atoms with Gasteiger partial charge in [0.2, 0.25) is 0 Å². The molecule has 2 aromatic heterocycles. The van der Waals surface area contributed by atoms with Crippen molar-refractivity contribution in [2.24, 2.45) is 0 Å². The van der Waals surface area contributed by atoms with Gasteiger partial charge in [-0.05, 0) is 41.5 Å². The molecule has 0 aliphatic rings. The number of benzene rings is 3. The first-order valence-electron chi connectivity index (χ1n) is 11.3. The summed E-state index contributed by atoms with van der Waals surface area (Å²) < 4.78 is 50.1. The van der Waals surface area contributed by atoms with Crippen molar-refractivity contribution in [3.05, 3.63) is 95.9 Å². The van der Waals surface area contributed by atoms with E-state index in [0.29, 0.717) is 34.0 Å². The summed E-state index contributed by atoms with van der Waals surface area (Å²) in [7, 11) is 1.28. The zero-order valence-electron chi connectivity index (χ0n) is 19.8. The lowest BCUT2D eigenvalue weighted by Gasteiger charge is -2.09. The lowest BCUT2D eigenvalue weighted by Crippen LogP contribution is -2.04. The molecule has 0 atom stereocenters. The van der Waals surface area contributed by atoms with E-state index in [1.165, 1.54) is 23.9 Å². The molecular formula is C27H19F3N4O4. The molecule has 0 aliphatic heterocycles. The van der Waals surface area contributed by atoms with Gasteiger partial charge in [-0.1, -0.05) is 46.8 Å². The molecule has 11 heteroatoms. The van der Waals surface area contributed by atoms with Gasteiger partial charge in [-0.15, -0.1) is 5.10 Å². The highest BCUT2D eigenvalue weighted by Gasteiger charge is 2.30. The number of methoxy groups -OCH3 is 1. The number of hydrogen-bond donors (Lipinski definition) is 1. The minimum Gasteiger partial charge on any atom is -0.465 e. The Hall–Kier alpha value is -4.77. The Kier molecular flexibility index (Phi) is 6.52. The van der Waals surface area contributed by atoms with Crippen LogP contribution < -0.4 is 0 Å². The second-order valence-corrected chi connectivity index (χ2v) is 8.30. The fourth-order valence-corrected chi connectivity index (χ4v) is 3.86. The Morgan fingerprint density at radius 1 is 0.921 bits per heavy atom. The van der Waals surface area contributed by atoms with Crippen LogP contribution in [0.5, 0.6) is 0 Å². The topological polar surface area (TPSA) is 103 Å². The molecule has 192 valence electrons. The maximum atomic E-state index is 12.9. The van der Waals surface area contributed by atoms with Gasteiger partial charge in [0, 0.05) is 17.2 Å². The molecule has 3 aromatic carbocycles. The highest BCUT2D eigenvalue weighted by molar-refractivity contribution is 5.92. The average molecular weight is 520 g/mol. The summed E-state index contributed by atoms with van der Waals surface area (Å²) in [5.74, 6) is -0.199. The second-order valence-electron chi connectivity index (χ2n) is 8.30. The lowest BCUT2D eigenvalue weighted by atomic mass is 10.00. The monoisotopic (exact) mass is 520 g/mol. The number of carbonyl (C=O) groups excluding carboxylic acids is 1. The molecular weight excluding hydrogens is 501 g/mol. The first-order chi connectivity index (χ1) is 18.2. The highest BCUT2D eigenvalue weighted by atomic mass is 19.4. The minimum absolute atomic E-state index is 0.253. The predicted molar refractivity (Wildman–Crippen MR) is 130 cm³/mol. The van der Waals surface area contributed by atoms with E-state index in [4.69, 9.17) is 9.26 Å². The van der Waals surface area contributed by atoms with E-state index < -0.39 is 17.7 Å². The van der Waals surface area contributed by atoms with E-state index in [2.05, 4.69) is 15.5 Å². The van der Waals surface area contributed by atoms with Crippen molar-refractivity contribution < 1.29 is 32.3 Å². The number of hydrogen-bond acceptors (Lipinski definition) is 7. The molecule has 8 nitrogen and oxygen atoms in total. The maximum Gasteiger partial charge on any atom is 0.416 e. The molecule has 0 bridgehead atoms. The van der Waals surface area contributed by atoms with Crippen molar-refractivity contribution in [2.45, 2.75) is 12.8 Å². The highest BCUT2D eigenvalue weighted by Crippen LogP contribution is 2.31. The van der Waals surface area contributed by atoms with Crippen LogP contribution in [0.25, 0.3) is 39.3 Å². The Balaban J connectivity index is 1.48. The third-order valence-corrected chi connectivity index (χ3v) is 5.83. The molecule has 2 heterocycles. The maximum absolute atomic E-state index is 12.9. The first-order valence-corrected chi connectivity index (χ1v) is 11.3. The summed E-state index contributed by atoms with van der Waals surface area (Å²) in [5.41, 5.74) is 3.67. The van der Waals surface area contributed by atoms with Gasteiger partial charge in [0.15, 0.2) is 5.76 Å². The zero-order chi connectivity index (χ0) is 26.9. The molecule has 0 spiro atoms. The molecule has 0 aliphatic carbocycles. The average Bonchev–Trinajstić information content (AvgIpc) is 3.63. The van der Waals surface area contributed by atoms with Crippen LogP contribution in [0.15, 0.2) is 83.5 Å². The van der Waals surface area contributed by atoms with Crippen molar-refractivity contribution in [3.8, 4) is 39.3 Å². The molecule has 1 N–H and O–H groups in total. The molecule has 5 rings (SSSR count). The first kappa shape index (κ1) is 24.9. The number of aliphatic hydroxyl groups is 1. The van der Waals surface area contributed by atoms with Gasteiger partial charge < -0.3 is 14.4 Å². The summed E-state index contributed by atoms with van der Waals surface area (Å²) >= 11 is 0. The van der Waals surface area contributed by atoms with Crippen LogP contribution in [-0.4, -0.2) is 38.3 Å². The standard InChI is InChI=1S/C27H19F3N4O4/c1-37-26(36)20-10-19(16-2-4-17(5-3-16)24-13-23(15-35)38-32-24)11-22(12-20)34-14-25(31-33-34)18-6-8-21(9-7-18)27(28,29)30/h2-14,35H,15H2,1H3. The lowest BCUT2D eigenvalue weighted by molar-refractivity contribution is -0.137. The number of carbonyl (C=O) groups is 1. The Bertz CT molecular complexity index is 1590. The van der Waals surface area contributed by atoms with Crippen LogP contribution in [-0.2, 0) is 17.5 Å². The second kappa shape index (κ2) is 9.94. The van der Waals surface area contributed by atoms with Crippen LogP contribution in [0.1, 0.15) is 21.7 Å². The van der Waals surface area contributed by atoms with Gasteiger partial charge in [0.25, 0.3) is 0 Å². The summed E-state index contributed by atoms with van der Waals surface area (Å²) in [4.78, 5) is 12.4. The molecule has 0 radical (unpaired) electrons. The number of rotatable bonds is 6. The van der Waals surface area contributed by atoms with Gasteiger partial charge in [0.05, 0.1) is 30.1 Å². The van der Waals surface area contributed by atoms with E-state index in [1.54, 1.807) is 30.5 Å². The van der Waals surface area contributed by atoms with Crippen molar-refractivity contribution in [3.63, 3.8) is 0 Å². The number of nitrogens with zero attached hydrogens (tertiary/aromatic N) is 4. The summed E-state index contributed by atoms with van der Waals surface area (Å²) in [6.07, 6.45) is -2.87. The molecule has 0 fully saturated rings. The minimum atomic E-state index is -4.43. The molecule has 38 heavy (non-hydrogen) atoms. The smallest absolute Gasteiger partial charge is 0.416 e. The fraction of sp³-hybridized carbons (Fsp3) is 0.111. The van der Waals surface area contributed by atoms with E-state index >= 15 is 0 Å². The molecule has 0 amide bonds. The summed E-state index contributed by atoms with van der Waals surface area (Å²) in [6.45, 7) is -0.253. The van der Waals surface area contributed by atoms with E-state index in [1.807, 2.05) is 24.3 Å². The van der Waals surface area contributed by atoms with Crippen LogP contribution in [0.3, 0.4) is 0 Å². The quantitative estimate of drug-likeness (QED) is 0.293. The van der Waals surface area contributed by atoms with Gasteiger partial charge in [-0.3, -0.25) is 0 Å². The SMILES string of the molecule is COC(=O)c1cc(-c2ccc(-c3cc(CO)on3)cc2)cc(-n2cc(-c3ccc(C(F)(F)F)cc3)nn2)c1. The number of alkyl halides is 3. The molecule has 0 unspecified atom stereocenters. The van der Waals surface area contributed by atoms with Crippen LogP contribution in [0, 0.1) is 0 Å². The fourth-order valence-electron chi connectivity index (χ4n) is 3.86. The van der Waals surface area contributed by atoms with Crippen LogP contribution in [0.2, 0.25) is 0 Å². The van der Waals surface area contributed by atoms with Crippen LogP contribution in [0.4, 0.5) is 13.2 Å². The molecule has 0 saturated carbocycles. The van der Waals surface area contributed by atoms with Crippen molar-refractivity contribution in [2.75, 3.05) is 7.11 Å². The number of ether oxygens (including phenoxy) is 1. The van der Waals surface area contributed by atoms with Gasteiger partial charge >= 0.3 is 12.1 Å². The van der Waals surface area contributed by atoms with Crippen molar-refractivity contribution in [1.29, 1.82) is 0 Å². The Morgan fingerprint density at radius 3 is 2.21 bits per heavy atom. The van der Waals surface area contributed by atoms with E-state index in [0.717, 1.165) is 23.3 Å². The number of halogens is 3. The van der Waals surface area contributed by atoms with Gasteiger partial charge in [-0.2, -0.15) is 13.2 Å². The normalized spacial score (nSPS) is 11.5. The van der Waals surface area contributed by atoms with E-state index in [9.17, 15) is 23.1 Å². The van der Waals surface area contributed by atoms with Gasteiger partial charge in [-0.25, -0.2) is 9.48 Å². The zero-order valence-corrected chi connectivity index (χ0v) is 19.8. The van der Waals surface area contributed by atoms with Crippen LogP contribution >= 0.6 is 0 Å². The molecule has 5 aromatic rings. The Morgan fingerprint density at radius 2 is 1.58 bits per heavy atom. The summed E-state index contributed by atoms with van der Waals surface area (Å²) in [6, 6.07) is 18.7. The van der Waals surface area contributed by atoms with Gasteiger partial charge in [0.1, 0.15) is 18.0 Å². The largest absolute Gasteiger partial charge is 0.465 e. The Labute approximate surface area is 213 Å².